The number of halogens is 3. The van der Waals surface area contributed by atoms with Gasteiger partial charge in [0.15, 0.2) is 0 Å². The van der Waals surface area contributed by atoms with E-state index in [0.717, 1.165) is 17.1 Å². The van der Waals surface area contributed by atoms with E-state index in [0.29, 0.717) is 45.9 Å². The van der Waals surface area contributed by atoms with Crippen LogP contribution in [0.4, 0.5) is 19.0 Å². The van der Waals surface area contributed by atoms with Gasteiger partial charge in [0.25, 0.3) is 5.91 Å². The first-order valence-electron chi connectivity index (χ1n) is 12.4. The summed E-state index contributed by atoms with van der Waals surface area (Å²) in [5.74, 6) is -1.97. The van der Waals surface area contributed by atoms with Crippen LogP contribution in [0.1, 0.15) is 38.6 Å². The van der Waals surface area contributed by atoms with Crippen LogP contribution in [-0.2, 0) is 24.6 Å². The fourth-order valence-corrected chi connectivity index (χ4v) is 3.93. The van der Waals surface area contributed by atoms with Crippen molar-refractivity contribution in [1.29, 1.82) is 0 Å². The van der Waals surface area contributed by atoms with Crippen LogP contribution >= 0.6 is 0 Å². The van der Waals surface area contributed by atoms with Gasteiger partial charge in [-0.3, -0.25) is 24.3 Å². The van der Waals surface area contributed by atoms with E-state index in [1.54, 1.807) is 11.7 Å². The number of hydrazine groups is 1. The molecule has 4 aromatic rings. The molecule has 0 atom stereocenters. The van der Waals surface area contributed by atoms with Crippen molar-refractivity contribution in [3.05, 3.63) is 59.5 Å². The van der Waals surface area contributed by atoms with Crippen LogP contribution in [0.5, 0.6) is 0 Å². The maximum atomic E-state index is 13.9. The van der Waals surface area contributed by atoms with Crippen molar-refractivity contribution < 1.29 is 26.9 Å². The Balaban J connectivity index is 1.61. The van der Waals surface area contributed by atoms with Crippen LogP contribution in [0.2, 0.25) is 0 Å². The van der Waals surface area contributed by atoms with Gasteiger partial charge in [0, 0.05) is 41.2 Å². The largest absolute Gasteiger partial charge is 0.417 e. The lowest BCUT2D eigenvalue weighted by molar-refractivity contribution is -0.144. The molecule has 0 aliphatic heterocycles. The zero-order valence-corrected chi connectivity index (χ0v) is 19.0. The molecule has 1 saturated carbocycles. The lowest BCUT2D eigenvalue weighted by atomic mass is 10.1. The van der Waals surface area contributed by atoms with Gasteiger partial charge in [0.2, 0.25) is 5.91 Å². The second kappa shape index (κ2) is 8.47. The topological polar surface area (TPSA) is 110 Å². The number of rotatable bonds is 4. The van der Waals surface area contributed by atoms with Gasteiger partial charge in [-0.25, -0.2) is 9.99 Å². The highest BCUT2D eigenvalue weighted by molar-refractivity contribution is 6.10. The minimum Gasteiger partial charge on any atom is -0.383 e. The first-order chi connectivity index (χ1) is 18.3. The van der Waals surface area contributed by atoms with E-state index in [1.807, 2.05) is 0 Å². The monoisotopic (exact) mass is 500 g/mol. The minimum atomic E-state index is -4.63. The molecule has 1 fully saturated rings. The standard InChI is InChI=1S/C24H22F3N7O2/c1-32-20-17-9-14(5-8-19(17)31-21(28)18(20)11-30-32)23(36)34(33(2)22(35)13-3-4-13)12-16-7-6-15(10-29-16)24(25,26)27/h5-11,13H,3-4,12H2,1-2H3,(H2,28,31)/i2D3. The van der Waals surface area contributed by atoms with Gasteiger partial charge in [0.1, 0.15) is 5.82 Å². The van der Waals surface area contributed by atoms with E-state index in [9.17, 15) is 22.8 Å². The van der Waals surface area contributed by atoms with Gasteiger partial charge in [-0.15, -0.1) is 0 Å². The number of nitrogens with zero attached hydrogens (tertiary/aromatic N) is 6. The third-order valence-corrected chi connectivity index (χ3v) is 6.03. The van der Waals surface area contributed by atoms with Crippen molar-refractivity contribution in [3.8, 4) is 0 Å². The number of benzene rings is 1. The number of pyridine rings is 2. The highest BCUT2D eigenvalue weighted by Crippen LogP contribution is 2.33. The molecular weight excluding hydrogens is 475 g/mol. The summed E-state index contributed by atoms with van der Waals surface area (Å²) in [6, 6.07) is 6.24. The third kappa shape index (κ3) is 4.18. The van der Waals surface area contributed by atoms with E-state index in [-0.39, 0.29) is 17.1 Å². The molecule has 0 saturated heterocycles. The van der Waals surface area contributed by atoms with Crippen LogP contribution < -0.4 is 5.73 Å². The third-order valence-electron chi connectivity index (χ3n) is 6.03. The second-order valence-electron chi connectivity index (χ2n) is 8.58. The van der Waals surface area contributed by atoms with E-state index < -0.39 is 43.0 Å². The summed E-state index contributed by atoms with van der Waals surface area (Å²) in [7, 11) is 1.68. The first kappa shape index (κ1) is 20.0. The van der Waals surface area contributed by atoms with E-state index >= 15 is 0 Å². The van der Waals surface area contributed by atoms with Gasteiger partial charge >= 0.3 is 6.18 Å². The first-order valence-corrected chi connectivity index (χ1v) is 10.9. The predicted molar refractivity (Wildman–Crippen MR) is 125 cm³/mol. The Morgan fingerprint density at radius 1 is 1.19 bits per heavy atom. The number of hydrogen-bond donors (Lipinski definition) is 1. The SMILES string of the molecule is [2H]C([2H])([2H])N(C(=O)C1CC1)N(Cc1ccc(C(F)(F)F)cn1)C(=O)c1ccc2nc(N)c3cnn(C)c3c2c1. The molecule has 9 nitrogen and oxygen atoms in total. The number of nitrogen functional groups attached to an aromatic ring is 1. The van der Waals surface area contributed by atoms with Crippen LogP contribution in [0.3, 0.4) is 0 Å². The minimum absolute atomic E-state index is 0.0151. The molecule has 3 aromatic heterocycles. The quantitative estimate of drug-likeness (QED) is 0.429. The Kier molecular flexibility index (Phi) is 4.71. The highest BCUT2D eigenvalue weighted by atomic mass is 19.4. The number of carbonyl (C=O) groups excluding carboxylic acids is 2. The zero-order valence-electron chi connectivity index (χ0n) is 22.0. The number of alkyl halides is 3. The number of fused-ring (bicyclic) bond motifs is 3. The molecule has 5 rings (SSSR count). The van der Waals surface area contributed by atoms with Crippen LogP contribution in [-0.4, -0.2) is 48.6 Å². The Morgan fingerprint density at radius 2 is 1.97 bits per heavy atom. The summed E-state index contributed by atoms with van der Waals surface area (Å²) < 4.78 is 64.7. The average Bonchev–Trinajstić information content (AvgIpc) is 3.64. The molecule has 36 heavy (non-hydrogen) atoms. The fourth-order valence-electron chi connectivity index (χ4n) is 3.93. The van der Waals surface area contributed by atoms with Crippen molar-refractivity contribution >= 4 is 39.4 Å². The molecule has 1 aromatic carbocycles. The molecule has 1 aliphatic rings. The molecule has 2 N–H and O–H groups in total. The Morgan fingerprint density at radius 3 is 2.61 bits per heavy atom. The summed E-state index contributed by atoms with van der Waals surface area (Å²) >= 11 is 0. The smallest absolute Gasteiger partial charge is 0.383 e. The molecule has 3 heterocycles. The van der Waals surface area contributed by atoms with Crippen molar-refractivity contribution in [2.75, 3.05) is 12.7 Å². The molecule has 0 bridgehead atoms. The van der Waals surface area contributed by atoms with Gasteiger partial charge < -0.3 is 5.73 Å². The van der Waals surface area contributed by atoms with Crippen LogP contribution in [0.15, 0.2) is 42.7 Å². The van der Waals surface area contributed by atoms with Crippen LogP contribution in [0.25, 0.3) is 21.8 Å². The number of carbonyl (C=O) groups is 2. The van der Waals surface area contributed by atoms with E-state index in [4.69, 9.17) is 9.85 Å². The second-order valence-corrected chi connectivity index (χ2v) is 8.58. The Hall–Kier alpha value is -4.22. The Bertz CT molecular complexity index is 1600. The number of hydrogen-bond acceptors (Lipinski definition) is 6. The Labute approximate surface area is 207 Å². The molecular formula is C24H22F3N7O2. The fraction of sp³-hybridized carbons (Fsp3) is 0.292. The summed E-state index contributed by atoms with van der Waals surface area (Å²) in [4.78, 5) is 35.1. The van der Waals surface area contributed by atoms with Gasteiger partial charge in [-0.2, -0.15) is 18.3 Å². The maximum absolute atomic E-state index is 13.9. The number of nitrogens with two attached hydrogens (primary N) is 1. The molecule has 0 unspecified atom stereocenters. The number of aromatic nitrogens is 4. The van der Waals surface area contributed by atoms with Crippen molar-refractivity contribution in [3.63, 3.8) is 0 Å². The van der Waals surface area contributed by atoms with E-state index in [2.05, 4.69) is 15.1 Å². The zero-order chi connectivity index (χ0) is 28.3. The molecule has 12 heteroatoms. The number of aryl methyl sites for hydroxylation is 1. The molecule has 2 amide bonds. The summed E-state index contributed by atoms with van der Waals surface area (Å²) in [6.45, 7) is -3.61. The van der Waals surface area contributed by atoms with Gasteiger partial charge in [-0.05, 0) is 43.2 Å². The molecule has 186 valence electrons. The maximum Gasteiger partial charge on any atom is 0.417 e. The lowest BCUT2D eigenvalue weighted by Crippen LogP contribution is -2.47. The highest BCUT2D eigenvalue weighted by Gasteiger charge is 2.36. The van der Waals surface area contributed by atoms with E-state index in [1.165, 1.54) is 24.4 Å². The summed E-state index contributed by atoms with van der Waals surface area (Å²) in [5.41, 5.74) is 6.05. The summed E-state index contributed by atoms with van der Waals surface area (Å²) in [6.07, 6.45) is -1.58. The van der Waals surface area contributed by atoms with Gasteiger partial charge in [0.05, 0.1) is 40.4 Å². The van der Waals surface area contributed by atoms with Crippen molar-refractivity contribution in [2.45, 2.75) is 25.6 Å². The van der Waals surface area contributed by atoms with Crippen LogP contribution in [0, 0.1) is 5.92 Å². The molecule has 0 radical (unpaired) electrons. The van der Waals surface area contributed by atoms with Gasteiger partial charge in [-0.1, -0.05) is 0 Å². The predicted octanol–water partition coefficient (Wildman–Crippen LogP) is 3.54. The molecule has 1 aliphatic carbocycles. The summed E-state index contributed by atoms with van der Waals surface area (Å²) in [5, 5.41) is 6.38. The normalized spacial score (nSPS) is 15.4. The van der Waals surface area contributed by atoms with Crippen molar-refractivity contribution in [2.24, 2.45) is 13.0 Å². The molecule has 0 spiro atoms. The number of amides is 2. The average molecular weight is 500 g/mol. The van der Waals surface area contributed by atoms with Crippen molar-refractivity contribution in [1.82, 2.24) is 29.8 Å². The number of anilines is 1. The lowest BCUT2D eigenvalue weighted by Gasteiger charge is -2.32.